The van der Waals surface area contributed by atoms with E-state index < -0.39 is 0 Å². The number of amides is 1. The van der Waals surface area contributed by atoms with Crippen LogP contribution in [-0.2, 0) is 19.3 Å². The summed E-state index contributed by atoms with van der Waals surface area (Å²) in [5.41, 5.74) is 9.10. The molecule has 34 heavy (non-hydrogen) atoms. The minimum atomic E-state index is 0.0421. The summed E-state index contributed by atoms with van der Waals surface area (Å²) in [7, 11) is 1.86. The summed E-state index contributed by atoms with van der Waals surface area (Å²) in [6.45, 7) is 6.86. The zero-order valence-corrected chi connectivity index (χ0v) is 20.7. The van der Waals surface area contributed by atoms with Crippen molar-refractivity contribution in [2.24, 2.45) is 5.92 Å². The molecule has 3 aromatic rings. The van der Waals surface area contributed by atoms with Crippen molar-refractivity contribution < 1.29 is 4.79 Å². The van der Waals surface area contributed by atoms with Gasteiger partial charge in [-0.2, -0.15) is 0 Å². The second-order valence-corrected chi connectivity index (χ2v) is 9.95. The fourth-order valence-electron chi connectivity index (χ4n) is 5.51. The average Bonchev–Trinajstić information content (AvgIpc) is 2.87. The normalized spacial score (nSPS) is 16.6. The van der Waals surface area contributed by atoms with Gasteiger partial charge in [-0.15, -0.1) is 0 Å². The van der Waals surface area contributed by atoms with Gasteiger partial charge in [0.05, 0.1) is 11.9 Å². The smallest absolute Gasteiger partial charge is 0.258 e. The highest BCUT2D eigenvalue weighted by Gasteiger charge is 2.23. The number of piperidine rings is 1. The second kappa shape index (κ2) is 9.61. The van der Waals surface area contributed by atoms with Gasteiger partial charge in [0.2, 0.25) is 0 Å². The third-order valence-corrected chi connectivity index (χ3v) is 7.85. The van der Waals surface area contributed by atoms with Crippen LogP contribution in [0.3, 0.4) is 0 Å². The summed E-state index contributed by atoms with van der Waals surface area (Å²) < 4.78 is 0. The van der Waals surface area contributed by atoms with Gasteiger partial charge >= 0.3 is 0 Å². The van der Waals surface area contributed by atoms with Crippen molar-refractivity contribution in [2.75, 3.05) is 29.9 Å². The van der Waals surface area contributed by atoms with Crippen molar-refractivity contribution in [1.29, 1.82) is 0 Å². The molecular formula is C30H35N3O. The van der Waals surface area contributed by atoms with E-state index >= 15 is 0 Å². The first-order chi connectivity index (χ1) is 16.5. The van der Waals surface area contributed by atoms with Gasteiger partial charge in [-0.3, -0.25) is 9.78 Å². The number of pyridine rings is 1. The van der Waals surface area contributed by atoms with Crippen LogP contribution in [0.2, 0.25) is 0 Å². The molecule has 1 saturated heterocycles. The lowest BCUT2D eigenvalue weighted by atomic mass is 9.93. The maximum atomic E-state index is 13.1. The Balaban J connectivity index is 1.34. The van der Waals surface area contributed by atoms with Crippen molar-refractivity contribution in [3.8, 4) is 0 Å². The molecule has 1 amide bonds. The van der Waals surface area contributed by atoms with E-state index in [1.165, 1.54) is 54.7 Å². The third kappa shape index (κ3) is 4.46. The van der Waals surface area contributed by atoms with Gasteiger partial charge in [0.1, 0.15) is 0 Å². The van der Waals surface area contributed by atoms with Gasteiger partial charge in [0, 0.05) is 43.5 Å². The fourth-order valence-corrected chi connectivity index (χ4v) is 5.51. The van der Waals surface area contributed by atoms with E-state index in [2.05, 4.69) is 49.1 Å². The Morgan fingerprint density at radius 1 is 1.00 bits per heavy atom. The molecule has 0 spiro atoms. The number of carbonyl (C=O) groups excluding carboxylic acids is 1. The van der Waals surface area contributed by atoms with Gasteiger partial charge in [0.15, 0.2) is 0 Å². The lowest BCUT2D eigenvalue weighted by Crippen LogP contribution is -2.33. The van der Waals surface area contributed by atoms with E-state index in [-0.39, 0.29) is 5.91 Å². The molecule has 0 N–H and O–H groups in total. The Morgan fingerprint density at radius 2 is 1.76 bits per heavy atom. The Labute approximate surface area is 203 Å². The van der Waals surface area contributed by atoms with Gasteiger partial charge in [0.25, 0.3) is 5.91 Å². The van der Waals surface area contributed by atoms with E-state index in [4.69, 9.17) is 4.98 Å². The molecule has 2 aromatic carbocycles. The number of hydrogen-bond acceptors (Lipinski definition) is 3. The largest absolute Gasteiger partial charge is 0.372 e. The number of fused-ring (bicyclic) bond motifs is 2. The summed E-state index contributed by atoms with van der Waals surface area (Å²) in [6, 6.07) is 17.1. The Kier molecular flexibility index (Phi) is 6.40. The third-order valence-electron chi connectivity index (χ3n) is 7.85. The van der Waals surface area contributed by atoms with Crippen LogP contribution in [0.15, 0.2) is 54.7 Å². The molecule has 0 bridgehead atoms. The number of aryl methyl sites for hydroxylation is 3. The fraction of sp³-hybridized carbons (Fsp3) is 0.400. The van der Waals surface area contributed by atoms with Crippen LogP contribution < -0.4 is 9.80 Å². The van der Waals surface area contributed by atoms with Crippen LogP contribution in [0.1, 0.15) is 64.5 Å². The van der Waals surface area contributed by atoms with Crippen LogP contribution in [-0.4, -0.2) is 31.0 Å². The highest BCUT2D eigenvalue weighted by Crippen LogP contribution is 2.30. The predicted octanol–water partition coefficient (Wildman–Crippen LogP) is 5.98. The van der Waals surface area contributed by atoms with Crippen LogP contribution in [0.25, 0.3) is 0 Å². The van der Waals surface area contributed by atoms with Crippen molar-refractivity contribution in [3.63, 3.8) is 0 Å². The van der Waals surface area contributed by atoms with Crippen LogP contribution in [0.4, 0.5) is 11.4 Å². The number of carbonyl (C=O) groups is 1. The molecule has 0 radical (unpaired) electrons. The van der Waals surface area contributed by atoms with E-state index in [1.54, 1.807) is 4.90 Å². The highest BCUT2D eigenvalue weighted by atomic mass is 16.2. The molecule has 4 nitrogen and oxygen atoms in total. The molecule has 1 fully saturated rings. The van der Waals surface area contributed by atoms with Crippen molar-refractivity contribution in [3.05, 3.63) is 88.2 Å². The lowest BCUT2D eigenvalue weighted by molar-refractivity contribution is 0.0991. The van der Waals surface area contributed by atoms with Gasteiger partial charge in [-0.1, -0.05) is 37.6 Å². The summed E-state index contributed by atoms with van der Waals surface area (Å²) in [5, 5.41) is 0. The SMILES string of the molecule is CCC1CCN(c2ccc(Cc3cc4c(cn3)N(C)C(=O)c3ccccc3CC4)c(C)c2)CC1. The van der Waals surface area contributed by atoms with Crippen LogP contribution in [0.5, 0.6) is 0 Å². The number of rotatable bonds is 4. The number of aromatic nitrogens is 1. The minimum Gasteiger partial charge on any atom is -0.372 e. The number of benzene rings is 2. The summed E-state index contributed by atoms with van der Waals surface area (Å²) in [4.78, 5) is 22.1. The Morgan fingerprint density at radius 3 is 2.53 bits per heavy atom. The summed E-state index contributed by atoms with van der Waals surface area (Å²) in [6.07, 6.45) is 8.38. The second-order valence-electron chi connectivity index (χ2n) is 9.95. The first-order valence-electron chi connectivity index (χ1n) is 12.7. The van der Waals surface area contributed by atoms with Crippen LogP contribution >= 0.6 is 0 Å². The topological polar surface area (TPSA) is 36.4 Å². The van der Waals surface area contributed by atoms with Gasteiger partial charge in [-0.05, 0) is 85.0 Å². The van der Waals surface area contributed by atoms with Crippen molar-refractivity contribution >= 4 is 17.3 Å². The zero-order valence-electron chi connectivity index (χ0n) is 20.7. The molecule has 4 heteroatoms. The zero-order chi connectivity index (χ0) is 23.7. The van der Waals surface area contributed by atoms with Crippen molar-refractivity contribution in [2.45, 2.75) is 52.4 Å². The number of nitrogens with zero attached hydrogens (tertiary/aromatic N) is 3. The average molecular weight is 454 g/mol. The Bertz CT molecular complexity index is 1190. The number of hydrogen-bond donors (Lipinski definition) is 0. The van der Waals surface area contributed by atoms with Gasteiger partial charge in [-0.25, -0.2) is 0 Å². The van der Waals surface area contributed by atoms with Crippen molar-refractivity contribution in [1.82, 2.24) is 4.98 Å². The first-order valence-corrected chi connectivity index (χ1v) is 12.7. The first kappa shape index (κ1) is 22.6. The standard InChI is InChI=1S/C30H35N3O/c1-4-22-13-15-33(16-14-22)27-12-11-24(21(2)17-27)18-26-19-25-10-9-23-7-5-6-8-28(23)30(34)32(3)29(25)20-31-26/h5-8,11-12,17,19-20,22H,4,9-10,13-16,18H2,1-3H3. The maximum Gasteiger partial charge on any atom is 0.258 e. The molecule has 0 atom stereocenters. The molecule has 0 unspecified atom stereocenters. The Hall–Kier alpha value is -3.14. The molecule has 5 rings (SSSR count). The lowest BCUT2D eigenvalue weighted by Gasteiger charge is -2.33. The molecular weight excluding hydrogens is 418 g/mol. The van der Waals surface area contributed by atoms with E-state index in [0.717, 1.165) is 47.7 Å². The molecule has 2 aliphatic heterocycles. The summed E-state index contributed by atoms with van der Waals surface area (Å²) in [5.74, 6) is 0.934. The minimum absolute atomic E-state index is 0.0421. The molecule has 0 saturated carbocycles. The molecule has 0 aliphatic carbocycles. The monoisotopic (exact) mass is 453 g/mol. The van der Waals surface area contributed by atoms with E-state index in [0.29, 0.717) is 0 Å². The predicted molar refractivity (Wildman–Crippen MR) is 140 cm³/mol. The van der Waals surface area contributed by atoms with Crippen LogP contribution in [0, 0.1) is 12.8 Å². The van der Waals surface area contributed by atoms with Gasteiger partial charge < -0.3 is 9.80 Å². The van der Waals surface area contributed by atoms with E-state index in [1.807, 2.05) is 31.4 Å². The van der Waals surface area contributed by atoms with E-state index in [9.17, 15) is 4.79 Å². The molecule has 3 heterocycles. The molecule has 1 aromatic heterocycles. The molecule has 2 aliphatic rings. The quantitative estimate of drug-likeness (QED) is 0.487. The highest BCUT2D eigenvalue weighted by molar-refractivity contribution is 6.07. The maximum absolute atomic E-state index is 13.1. The number of anilines is 2. The summed E-state index contributed by atoms with van der Waals surface area (Å²) >= 11 is 0. The molecule has 176 valence electrons.